The van der Waals surface area contributed by atoms with E-state index in [4.69, 9.17) is 0 Å². The van der Waals surface area contributed by atoms with Gasteiger partial charge in [-0.2, -0.15) is 0 Å². The van der Waals surface area contributed by atoms with Gasteiger partial charge in [0, 0.05) is 12.6 Å². The van der Waals surface area contributed by atoms with E-state index in [1.54, 1.807) is 0 Å². The van der Waals surface area contributed by atoms with Gasteiger partial charge in [-0.1, -0.05) is 45.8 Å². The zero-order valence-corrected chi connectivity index (χ0v) is 10.9. The summed E-state index contributed by atoms with van der Waals surface area (Å²) in [6.07, 6.45) is 5.53. The molecular formula is C14H27N. The second-order valence-electron chi connectivity index (χ2n) is 6.20. The Bertz CT molecular complexity index is 212. The maximum atomic E-state index is 3.96. The maximum absolute atomic E-state index is 3.96. The fourth-order valence-electron chi connectivity index (χ4n) is 2.72. The van der Waals surface area contributed by atoms with Gasteiger partial charge < -0.3 is 5.32 Å². The summed E-state index contributed by atoms with van der Waals surface area (Å²) in [5.41, 5.74) is 1.68. The first-order valence-corrected chi connectivity index (χ1v) is 6.29. The molecule has 1 N–H and O–H groups in total. The minimum absolute atomic E-state index is 0.438. The molecule has 2 unspecified atom stereocenters. The lowest BCUT2D eigenvalue weighted by molar-refractivity contribution is 0.133. The molecule has 0 amide bonds. The maximum Gasteiger partial charge on any atom is 0.0161 e. The summed E-state index contributed by atoms with van der Waals surface area (Å²) in [4.78, 5) is 0. The van der Waals surface area contributed by atoms with E-state index >= 15 is 0 Å². The molecule has 0 radical (unpaired) electrons. The zero-order valence-electron chi connectivity index (χ0n) is 10.9. The highest BCUT2D eigenvalue weighted by atomic mass is 14.9. The summed E-state index contributed by atoms with van der Waals surface area (Å²) in [5.74, 6) is 0.825. The van der Waals surface area contributed by atoms with E-state index in [9.17, 15) is 0 Å². The predicted octanol–water partition coefficient (Wildman–Crippen LogP) is 3.76. The summed E-state index contributed by atoms with van der Waals surface area (Å²) in [5, 5.41) is 3.68. The van der Waals surface area contributed by atoms with Crippen molar-refractivity contribution in [1.29, 1.82) is 0 Å². The highest BCUT2D eigenvalue weighted by Gasteiger charge is 2.33. The molecule has 1 heteroatoms. The number of hydrogen-bond acceptors (Lipinski definition) is 1. The smallest absolute Gasteiger partial charge is 0.0161 e. The van der Waals surface area contributed by atoms with Crippen LogP contribution in [-0.4, -0.2) is 12.6 Å². The van der Waals surface area contributed by atoms with Crippen LogP contribution in [0.3, 0.4) is 0 Å². The number of rotatable bonds is 3. The predicted molar refractivity (Wildman–Crippen MR) is 68.0 cm³/mol. The average Bonchev–Trinajstić information content (AvgIpc) is 2.13. The molecule has 0 bridgehead atoms. The van der Waals surface area contributed by atoms with Gasteiger partial charge in [-0.05, 0) is 31.1 Å². The first-order chi connectivity index (χ1) is 6.91. The molecule has 1 rings (SSSR count). The van der Waals surface area contributed by atoms with Crippen molar-refractivity contribution >= 4 is 0 Å². The summed E-state index contributed by atoms with van der Waals surface area (Å²) in [6, 6.07) is 0.704. The van der Waals surface area contributed by atoms with Crippen LogP contribution in [0.2, 0.25) is 0 Å². The van der Waals surface area contributed by atoms with Gasteiger partial charge in [0.2, 0.25) is 0 Å². The van der Waals surface area contributed by atoms with Gasteiger partial charge in [-0.25, -0.2) is 0 Å². The molecule has 88 valence electrons. The third kappa shape index (κ3) is 3.98. The first kappa shape index (κ1) is 12.8. The van der Waals surface area contributed by atoms with Crippen molar-refractivity contribution in [2.24, 2.45) is 11.3 Å². The van der Waals surface area contributed by atoms with Gasteiger partial charge in [0.1, 0.15) is 0 Å². The van der Waals surface area contributed by atoms with Crippen LogP contribution in [0.4, 0.5) is 0 Å². The second kappa shape index (κ2) is 5.16. The molecule has 1 nitrogen and oxygen atoms in total. The first-order valence-electron chi connectivity index (χ1n) is 6.29. The molecule has 0 heterocycles. The number of hydrogen-bond donors (Lipinski definition) is 1. The van der Waals surface area contributed by atoms with Crippen molar-refractivity contribution in [3.8, 4) is 0 Å². The topological polar surface area (TPSA) is 12.0 Å². The van der Waals surface area contributed by atoms with E-state index in [2.05, 4.69) is 39.6 Å². The molecule has 15 heavy (non-hydrogen) atoms. The SMILES string of the molecule is C=C(C)CNC1CCCCC1C(C)(C)C. The van der Waals surface area contributed by atoms with Crippen LogP contribution < -0.4 is 5.32 Å². The Hall–Kier alpha value is -0.300. The largest absolute Gasteiger partial charge is 0.310 e. The molecule has 0 aromatic heterocycles. The molecule has 0 aliphatic heterocycles. The molecule has 0 saturated heterocycles. The van der Waals surface area contributed by atoms with Gasteiger partial charge in [-0.15, -0.1) is 0 Å². The quantitative estimate of drug-likeness (QED) is 0.698. The Morgan fingerprint density at radius 2 is 1.87 bits per heavy atom. The van der Waals surface area contributed by atoms with Crippen molar-refractivity contribution in [2.45, 2.75) is 59.4 Å². The van der Waals surface area contributed by atoms with Crippen molar-refractivity contribution in [3.05, 3.63) is 12.2 Å². The summed E-state index contributed by atoms with van der Waals surface area (Å²) in [6.45, 7) is 14.2. The van der Waals surface area contributed by atoms with Crippen molar-refractivity contribution in [3.63, 3.8) is 0 Å². The molecule has 1 fully saturated rings. The van der Waals surface area contributed by atoms with Crippen LogP contribution in [0.15, 0.2) is 12.2 Å². The Kier molecular flexibility index (Phi) is 4.39. The molecule has 0 aromatic carbocycles. The van der Waals surface area contributed by atoms with E-state index in [1.165, 1.54) is 31.3 Å². The molecule has 1 saturated carbocycles. The van der Waals surface area contributed by atoms with Crippen LogP contribution in [0.25, 0.3) is 0 Å². The molecular weight excluding hydrogens is 182 g/mol. The average molecular weight is 209 g/mol. The van der Waals surface area contributed by atoms with E-state index < -0.39 is 0 Å². The Labute approximate surface area is 95.3 Å². The van der Waals surface area contributed by atoms with Gasteiger partial charge >= 0.3 is 0 Å². The normalized spacial score (nSPS) is 27.7. The molecule has 1 aliphatic rings. The second-order valence-corrected chi connectivity index (χ2v) is 6.20. The third-order valence-electron chi connectivity index (χ3n) is 3.54. The minimum atomic E-state index is 0.438. The van der Waals surface area contributed by atoms with Crippen LogP contribution in [0, 0.1) is 11.3 Å². The molecule has 0 spiro atoms. The summed E-state index contributed by atoms with van der Waals surface area (Å²) < 4.78 is 0. The minimum Gasteiger partial charge on any atom is -0.310 e. The Morgan fingerprint density at radius 1 is 1.27 bits per heavy atom. The van der Waals surface area contributed by atoms with Crippen molar-refractivity contribution in [1.82, 2.24) is 5.32 Å². The van der Waals surface area contributed by atoms with Crippen LogP contribution in [0.5, 0.6) is 0 Å². The van der Waals surface area contributed by atoms with Gasteiger partial charge in [-0.3, -0.25) is 0 Å². The van der Waals surface area contributed by atoms with Gasteiger partial charge in [0.05, 0.1) is 0 Å². The Balaban J connectivity index is 2.54. The highest BCUT2D eigenvalue weighted by molar-refractivity contribution is 4.95. The summed E-state index contributed by atoms with van der Waals surface area (Å²) >= 11 is 0. The molecule has 2 atom stereocenters. The molecule has 0 aromatic rings. The van der Waals surface area contributed by atoms with Crippen LogP contribution in [-0.2, 0) is 0 Å². The van der Waals surface area contributed by atoms with Crippen molar-refractivity contribution < 1.29 is 0 Å². The fraction of sp³-hybridized carbons (Fsp3) is 0.857. The van der Waals surface area contributed by atoms with E-state index in [0.29, 0.717) is 11.5 Å². The lowest BCUT2D eigenvalue weighted by Gasteiger charge is -2.41. The van der Waals surface area contributed by atoms with E-state index in [1.807, 2.05) is 0 Å². The van der Waals surface area contributed by atoms with Crippen molar-refractivity contribution in [2.75, 3.05) is 6.54 Å². The molecule has 1 aliphatic carbocycles. The number of nitrogens with one attached hydrogen (secondary N) is 1. The standard InChI is InChI=1S/C14H27N/c1-11(2)10-15-13-9-7-6-8-12(13)14(3,4)5/h12-13,15H,1,6-10H2,2-5H3. The van der Waals surface area contributed by atoms with Crippen LogP contribution in [0.1, 0.15) is 53.4 Å². The fourth-order valence-corrected chi connectivity index (χ4v) is 2.72. The lowest BCUT2D eigenvalue weighted by atomic mass is 9.69. The van der Waals surface area contributed by atoms with E-state index in [-0.39, 0.29) is 0 Å². The monoisotopic (exact) mass is 209 g/mol. The van der Waals surface area contributed by atoms with Gasteiger partial charge in [0.15, 0.2) is 0 Å². The third-order valence-corrected chi connectivity index (χ3v) is 3.54. The van der Waals surface area contributed by atoms with Gasteiger partial charge in [0.25, 0.3) is 0 Å². The Morgan fingerprint density at radius 3 is 2.40 bits per heavy atom. The summed E-state index contributed by atoms with van der Waals surface area (Å²) in [7, 11) is 0. The highest BCUT2D eigenvalue weighted by Crippen LogP contribution is 2.37. The van der Waals surface area contributed by atoms with E-state index in [0.717, 1.165) is 12.5 Å². The lowest BCUT2D eigenvalue weighted by Crippen LogP contribution is -2.44. The zero-order chi connectivity index (χ0) is 11.5. The van der Waals surface area contributed by atoms with Crippen LogP contribution >= 0.6 is 0 Å².